The topological polar surface area (TPSA) is 70.4 Å². The Morgan fingerprint density at radius 1 is 1.07 bits per heavy atom. The molecule has 0 atom stereocenters. The highest BCUT2D eigenvalue weighted by molar-refractivity contribution is 6.02. The number of fused-ring (bicyclic) bond motifs is 1. The second-order valence-electron chi connectivity index (χ2n) is 7.07. The van der Waals surface area contributed by atoms with Gasteiger partial charge in [-0.2, -0.15) is 5.10 Å². The van der Waals surface area contributed by atoms with Crippen molar-refractivity contribution in [2.45, 2.75) is 26.8 Å². The number of benzene rings is 2. The minimum absolute atomic E-state index is 0.125. The molecule has 1 aromatic heterocycles. The van der Waals surface area contributed by atoms with Crippen LogP contribution < -0.4 is 10.3 Å². The molecular formula is C22H23FN2O4. The lowest BCUT2D eigenvalue weighted by Gasteiger charge is -2.12. The van der Waals surface area contributed by atoms with Crippen molar-refractivity contribution in [3.63, 3.8) is 0 Å². The Morgan fingerprint density at radius 3 is 2.45 bits per heavy atom. The van der Waals surface area contributed by atoms with Crippen LogP contribution in [0.25, 0.3) is 10.8 Å². The molecule has 0 amide bonds. The summed E-state index contributed by atoms with van der Waals surface area (Å²) >= 11 is 0. The third-order valence-corrected chi connectivity index (χ3v) is 4.20. The number of nitrogens with zero attached hydrogens (tertiary/aromatic N) is 2. The Morgan fingerprint density at radius 2 is 1.76 bits per heavy atom. The Balaban J connectivity index is 1.66. The maximum Gasteiger partial charge on any atom is 0.359 e. The summed E-state index contributed by atoms with van der Waals surface area (Å²) in [4.78, 5) is 25.2. The molecule has 0 bridgehead atoms. The van der Waals surface area contributed by atoms with E-state index in [9.17, 15) is 14.0 Å². The number of hydrogen-bond donors (Lipinski definition) is 0. The Labute approximate surface area is 167 Å². The number of halogens is 1. The van der Waals surface area contributed by atoms with Gasteiger partial charge >= 0.3 is 5.97 Å². The first kappa shape index (κ1) is 20.5. The summed E-state index contributed by atoms with van der Waals surface area (Å²) in [5, 5.41) is 5.17. The van der Waals surface area contributed by atoms with Gasteiger partial charge in [-0.15, -0.1) is 0 Å². The predicted molar refractivity (Wildman–Crippen MR) is 108 cm³/mol. The van der Waals surface area contributed by atoms with Crippen LogP contribution in [0.3, 0.4) is 0 Å². The molecule has 0 unspecified atom stereocenters. The quantitative estimate of drug-likeness (QED) is 0.426. The van der Waals surface area contributed by atoms with Gasteiger partial charge in [0.15, 0.2) is 5.69 Å². The van der Waals surface area contributed by atoms with E-state index < -0.39 is 5.97 Å². The van der Waals surface area contributed by atoms with E-state index in [-0.39, 0.29) is 29.6 Å². The summed E-state index contributed by atoms with van der Waals surface area (Å²) < 4.78 is 25.0. The van der Waals surface area contributed by atoms with Gasteiger partial charge in [0.05, 0.1) is 18.6 Å². The Kier molecular flexibility index (Phi) is 6.59. The van der Waals surface area contributed by atoms with E-state index in [0.717, 1.165) is 0 Å². The van der Waals surface area contributed by atoms with Gasteiger partial charge in [-0.3, -0.25) is 4.79 Å². The number of carbonyl (C=O) groups is 1. The molecule has 0 aliphatic carbocycles. The zero-order chi connectivity index (χ0) is 20.8. The highest BCUT2D eigenvalue weighted by Gasteiger charge is 2.18. The lowest BCUT2D eigenvalue weighted by molar-refractivity contribution is 0.0478. The summed E-state index contributed by atoms with van der Waals surface area (Å²) in [6.07, 6.45) is 0.465. The lowest BCUT2D eigenvalue weighted by atomic mass is 10.1. The van der Waals surface area contributed by atoms with Crippen molar-refractivity contribution >= 4 is 16.7 Å². The van der Waals surface area contributed by atoms with Crippen LogP contribution in [0, 0.1) is 11.7 Å². The second kappa shape index (κ2) is 9.32. The highest BCUT2D eigenvalue weighted by atomic mass is 19.1. The maximum atomic E-state index is 12.9. The fraction of sp³-hybridized carbons (Fsp3) is 0.318. The number of esters is 1. The summed E-state index contributed by atoms with van der Waals surface area (Å²) in [7, 11) is 0. The molecule has 3 aromatic rings. The van der Waals surface area contributed by atoms with Gasteiger partial charge in [0.2, 0.25) is 0 Å². The molecule has 0 aliphatic heterocycles. The molecule has 0 spiro atoms. The van der Waals surface area contributed by atoms with Gasteiger partial charge in [0.25, 0.3) is 5.56 Å². The zero-order valence-electron chi connectivity index (χ0n) is 16.4. The van der Waals surface area contributed by atoms with Crippen molar-refractivity contribution in [2.75, 3.05) is 13.2 Å². The van der Waals surface area contributed by atoms with Crippen molar-refractivity contribution in [2.24, 2.45) is 5.92 Å². The molecule has 0 saturated carbocycles. The second-order valence-corrected chi connectivity index (χ2v) is 7.07. The molecule has 6 nitrogen and oxygen atoms in total. The van der Waals surface area contributed by atoms with Gasteiger partial charge in [-0.25, -0.2) is 13.9 Å². The number of rotatable bonds is 8. The third kappa shape index (κ3) is 5.19. The van der Waals surface area contributed by atoms with Gasteiger partial charge in [0.1, 0.15) is 11.6 Å². The third-order valence-electron chi connectivity index (χ3n) is 4.20. The Hall–Kier alpha value is -3.22. The molecule has 0 aliphatic rings. The van der Waals surface area contributed by atoms with Crippen LogP contribution >= 0.6 is 0 Å². The summed E-state index contributed by atoms with van der Waals surface area (Å²) in [5.74, 6) is -0.162. The summed E-state index contributed by atoms with van der Waals surface area (Å²) in [6.45, 7) is 4.82. The van der Waals surface area contributed by atoms with Crippen LogP contribution in [0.1, 0.15) is 30.8 Å². The van der Waals surface area contributed by atoms with Gasteiger partial charge in [-0.1, -0.05) is 32.0 Å². The van der Waals surface area contributed by atoms with Gasteiger partial charge in [-0.05, 0) is 36.2 Å². The van der Waals surface area contributed by atoms with Gasteiger partial charge in [0, 0.05) is 18.4 Å². The molecule has 152 valence electrons. The van der Waals surface area contributed by atoms with Crippen molar-refractivity contribution in [3.05, 3.63) is 70.4 Å². The molecule has 0 radical (unpaired) electrons. The number of carbonyl (C=O) groups excluding carboxylic acids is 1. The van der Waals surface area contributed by atoms with Crippen LogP contribution in [0.5, 0.6) is 5.75 Å². The summed E-state index contributed by atoms with van der Waals surface area (Å²) in [5.41, 5.74) is -0.0983. The molecule has 1 heterocycles. The molecule has 7 heteroatoms. The average molecular weight is 398 g/mol. The van der Waals surface area contributed by atoms with Crippen LogP contribution in [-0.4, -0.2) is 29.0 Å². The first-order chi connectivity index (χ1) is 14.0. The smallest absolute Gasteiger partial charge is 0.359 e. The minimum atomic E-state index is -0.583. The predicted octanol–water partition coefficient (Wildman–Crippen LogP) is 3.82. The lowest BCUT2D eigenvalue weighted by Crippen LogP contribution is -2.28. The van der Waals surface area contributed by atoms with Crippen LogP contribution in [0.2, 0.25) is 0 Å². The zero-order valence-corrected chi connectivity index (χ0v) is 16.4. The van der Waals surface area contributed by atoms with E-state index in [1.54, 1.807) is 24.3 Å². The van der Waals surface area contributed by atoms with E-state index in [1.807, 2.05) is 13.8 Å². The minimum Gasteiger partial charge on any atom is -0.493 e. The van der Waals surface area contributed by atoms with Crippen LogP contribution in [0.4, 0.5) is 4.39 Å². The fourth-order valence-corrected chi connectivity index (χ4v) is 2.87. The molecule has 0 saturated heterocycles. The fourth-order valence-electron chi connectivity index (χ4n) is 2.87. The largest absolute Gasteiger partial charge is 0.493 e. The normalized spacial score (nSPS) is 11.0. The van der Waals surface area contributed by atoms with Crippen LogP contribution in [0.15, 0.2) is 53.3 Å². The van der Waals surface area contributed by atoms with Crippen molar-refractivity contribution in [1.29, 1.82) is 0 Å². The SMILES string of the molecule is CC(C)Cn1nc(C(=O)OCCCOc2ccc(F)cc2)c2ccccc2c1=O. The maximum absolute atomic E-state index is 12.9. The van der Waals surface area contributed by atoms with Crippen LogP contribution in [-0.2, 0) is 11.3 Å². The van der Waals surface area contributed by atoms with Crippen molar-refractivity contribution in [3.8, 4) is 5.75 Å². The molecular weight excluding hydrogens is 375 g/mol. The van der Waals surface area contributed by atoms with E-state index in [0.29, 0.717) is 36.1 Å². The first-order valence-electron chi connectivity index (χ1n) is 9.51. The summed E-state index contributed by atoms with van der Waals surface area (Å²) in [6, 6.07) is 12.6. The molecule has 0 N–H and O–H groups in total. The monoisotopic (exact) mass is 398 g/mol. The van der Waals surface area contributed by atoms with E-state index in [2.05, 4.69) is 5.10 Å². The Bertz CT molecular complexity index is 1040. The first-order valence-corrected chi connectivity index (χ1v) is 9.51. The van der Waals surface area contributed by atoms with E-state index in [4.69, 9.17) is 9.47 Å². The highest BCUT2D eigenvalue weighted by Crippen LogP contribution is 2.15. The molecule has 0 fully saturated rings. The molecule has 2 aromatic carbocycles. The number of hydrogen-bond acceptors (Lipinski definition) is 5. The molecule has 3 rings (SSSR count). The van der Waals surface area contributed by atoms with E-state index in [1.165, 1.54) is 28.9 Å². The van der Waals surface area contributed by atoms with Crippen molar-refractivity contribution < 1.29 is 18.7 Å². The number of aromatic nitrogens is 2. The molecule has 29 heavy (non-hydrogen) atoms. The standard InChI is InChI=1S/C22H23FN2O4/c1-15(2)14-25-21(26)19-7-4-3-6-18(19)20(24-25)22(27)29-13-5-12-28-17-10-8-16(23)9-11-17/h3-4,6-11,15H,5,12-14H2,1-2H3. The van der Waals surface area contributed by atoms with Crippen molar-refractivity contribution in [1.82, 2.24) is 9.78 Å². The van der Waals surface area contributed by atoms with Gasteiger partial charge < -0.3 is 9.47 Å². The average Bonchev–Trinajstić information content (AvgIpc) is 2.71. The van der Waals surface area contributed by atoms with E-state index >= 15 is 0 Å². The number of ether oxygens (including phenoxy) is 2.